The van der Waals surface area contributed by atoms with Gasteiger partial charge in [0.1, 0.15) is 11.7 Å². The summed E-state index contributed by atoms with van der Waals surface area (Å²) in [5, 5.41) is 0. The van der Waals surface area contributed by atoms with Crippen LogP contribution in [-0.2, 0) is 0 Å². The summed E-state index contributed by atoms with van der Waals surface area (Å²) in [5.74, 6) is -1.11. The maximum Gasteiger partial charge on any atom is 0.181 e. The Bertz CT molecular complexity index is 707. The maximum absolute atomic E-state index is 12.8. The van der Waals surface area contributed by atoms with Crippen molar-refractivity contribution in [2.45, 2.75) is 5.92 Å². The molecule has 3 nitrogen and oxygen atoms in total. The van der Waals surface area contributed by atoms with E-state index in [9.17, 15) is 9.59 Å². The largest absolute Gasteiger partial charge is 0.468 e. The molecule has 2 aromatic carbocycles. The Balaban J connectivity index is 2.02. The molecule has 22 heavy (non-hydrogen) atoms. The first-order chi connectivity index (χ1) is 10.8. The fourth-order valence-corrected chi connectivity index (χ4v) is 2.37. The number of carbonyl (C=O) groups excluding carboxylic acids is 2. The second-order valence-electron chi connectivity index (χ2n) is 4.91. The molecule has 0 saturated heterocycles. The highest BCUT2D eigenvalue weighted by Gasteiger charge is 2.32. The SMILES string of the molecule is O=C(c1ccccc1)C(C(=O)c1ccccc1)c1ccco1. The summed E-state index contributed by atoms with van der Waals surface area (Å²) in [6.45, 7) is 0. The highest BCUT2D eigenvalue weighted by Crippen LogP contribution is 2.25. The van der Waals surface area contributed by atoms with Crippen molar-refractivity contribution in [1.29, 1.82) is 0 Å². The topological polar surface area (TPSA) is 47.3 Å². The predicted octanol–water partition coefficient (Wildman–Crippen LogP) is 4.13. The van der Waals surface area contributed by atoms with Crippen molar-refractivity contribution < 1.29 is 14.0 Å². The van der Waals surface area contributed by atoms with Gasteiger partial charge in [-0.1, -0.05) is 60.7 Å². The smallest absolute Gasteiger partial charge is 0.181 e. The number of Topliss-reactive ketones (excluding diaryl/α,β-unsaturated/α-hetero) is 2. The molecule has 1 heterocycles. The van der Waals surface area contributed by atoms with Gasteiger partial charge in [-0.3, -0.25) is 9.59 Å². The molecule has 0 saturated carbocycles. The minimum absolute atomic E-state index is 0.260. The number of benzene rings is 2. The highest BCUT2D eigenvalue weighted by atomic mass is 16.3. The normalized spacial score (nSPS) is 10.6. The lowest BCUT2D eigenvalue weighted by Crippen LogP contribution is -2.22. The zero-order chi connectivity index (χ0) is 15.4. The van der Waals surface area contributed by atoms with E-state index in [0.717, 1.165) is 0 Å². The third-order valence-corrected chi connectivity index (χ3v) is 3.47. The van der Waals surface area contributed by atoms with Crippen LogP contribution in [0.5, 0.6) is 0 Å². The number of carbonyl (C=O) groups is 2. The van der Waals surface area contributed by atoms with Gasteiger partial charge in [-0.05, 0) is 12.1 Å². The van der Waals surface area contributed by atoms with Crippen LogP contribution in [0.25, 0.3) is 0 Å². The van der Waals surface area contributed by atoms with Crippen molar-refractivity contribution in [2.24, 2.45) is 0 Å². The molecule has 0 atom stereocenters. The molecule has 0 bridgehead atoms. The first-order valence-electron chi connectivity index (χ1n) is 6.99. The van der Waals surface area contributed by atoms with E-state index in [-0.39, 0.29) is 11.6 Å². The van der Waals surface area contributed by atoms with Gasteiger partial charge in [0.25, 0.3) is 0 Å². The van der Waals surface area contributed by atoms with Gasteiger partial charge in [-0.15, -0.1) is 0 Å². The number of furan rings is 1. The summed E-state index contributed by atoms with van der Waals surface area (Å²) in [7, 11) is 0. The van der Waals surface area contributed by atoms with Gasteiger partial charge in [0.05, 0.1) is 6.26 Å². The van der Waals surface area contributed by atoms with Crippen molar-refractivity contribution >= 4 is 11.6 Å². The van der Waals surface area contributed by atoms with Gasteiger partial charge in [0.2, 0.25) is 0 Å². The molecule has 0 spiro atoms. The molecule has 0 amide bonds. The average Bonchev–Trinajstić information content (AvgIpc) is 3.10. The zero-order valence-corrected chi connectivity index (χ0v) is 11.8. The predicted molar refractivity (Wildman–Crippen MR) is 83.0 cm³/mol. The molecule has 0 N–H and O–H groups in total. The van der Waals surface area contributed by atoms with Gasteiger partial charge in [-0.25, -0.2) is 0 Å². The Morgan fingerprint density at radius 1 is 0.682 bits per heavy atom. The van der Waals surface area contributed by atoms with Crippen molar-refractivity contribution in [3.63, 3.8) is 0 Å². The minimum atomic E-state index is -0.959. The van der Waals surface area contributed by atoms with Gasteiger partial charge < -0.3 is 4.42 Å². The minimum Gasteiger partial charge on any atom is -0.468 e. The van der Waals surface area contributed by atoms with E-state index >= 15 is 0 Å². The molecule has 3 heteroatoms. The van der Waals surface area contributed by atoms with Crippen LogP contribution in [0, 0.1) is 0 Å². The molecule has 3 rings (SSSR count). The molecule has 3 aromatic rings. The maximum atomic E-state index is 12.8. The van der Waals surface area contributed by atoms with Crippen molar-refractivity contribution in [3.8, 4) is 0 Å². The lowest BCUT2D eigenvalue weighted by Gasteiger charge is -2.13. The van der Waals surface area contributed by atoms with Crippen molar-refractivity contribution in [3.05, 3.63) is 95.9 Å². The van der Waals surface area contributed by atoms with Crippen LogP contribution in [0.3, 0.4) is 0 Å². The van der Waals surface area contributed by atoms with E-state index in [2.05, 4.69) is 0 Å². The Hall–Kier alpha value is -2.94. The highest BCUT2D eigenvalue weighted by molar-refractivity contribution is 6.19. The summed E-state index contributed by atoms with van der Waals surface area (Å²) in [6.07, 6.45) is 1.47. The van der Waals surface area contributed by atoms with E-state index in [0.29, 0.717) is 16.9 Å². The number of ketones is 2. The molecule has 0 unspecified atom stereocenters. The summed E-state index contributed by atoms with van der Waals surface area (Å²) in [5.41, 5.74) is 0.987. The lowest BCUT2D eigenvalue weighted by atomic mass is 9.88. The second-order valence-corrected chi connectivity index (χ2v) is 4.91. The van der Waals surface area contributed by atoms with E-state index in [1.54, 1.807) is 60.7 Å². The van der Waals surface area contributed by atoms with E-state index in [1.165, 1.54) is 6.26 Å². The Morgan fingerprint density at radius 3 is 1.59 bits per heavy atom. The van der Waals surface area contributed by atoms with E-state index in [4.69, 9.17) is 4.42 Å². The van der Waals surface area contributed by atoms with Crippen molar-refractivity contribution in [2.75, 3.05) is 0 Å². The Kier molecular flexibility index (Phi) is 3.97. The standard InChI is InChI=1S/C19H14O3/c20-18(14-8-3-1-4-9-14)17(16-12-7-13-22-16)19(21)15-10-5-2-6-11-15/h1-13,17H. The van der Waals surface area contributed by atoms with Crippen LogP contribution >= 0.6 is 0 Å². The summed E-state index contributed by atoms with van der Waals surface area (Å²) < 4.78 is 5.34. The fourth-order valence-electron chi connectivity index (χ4n) is 2.37. The molecule has 1 aromatic heterocycles. The first-order valence-corrected chi connectivity index (χ1v) is 6.99. The Morgan fingerprint density at radius 2 is 1.18 bits per heavy atom. The summed E-state index contributed by atoms with van der Waals surface area (Å²) in [4.78, 5) is 25.6. The third-order valence-electron chi connectivity index (χ3n) is 3.47. The molecule has 0 aliphatic rings. The Labute approximate surface area is 128 Å². The summed E-state index contributed by atoms with van der Waals surface area (Å²) >= 11 is 0. The zero-order valence-electron chi connectivity index (χ0n) is 11.8. The van der Waals surface area contributed by atoms with Crippen LogP contribution < -0.4 is 0 Å². The molecular formula is C19H14O3. The fraction of sp³-hybridized carbons (Fsp3) is 0.0526. The van der Waals surface area contributed by atoms with Gasteiger partial charge in [0.15, 0.2) is 11.6 Å². The molecule has 0 radical (unpaired) electrons. The number of rotatable bonds is 5. The first kappa shape index (κ1) is 14.0. The van der Waals surface area contributed by atoms with Gasteiger partial charge in [0, 0.05) is 11.1 Å². The van der Waals surface area contributed by atoms with Crippen LogP contribution in [0.2, 0.25) is 0 Å². The molecular weight excluding hydrogens is 276 g/mol. The summed E-state index contributed by atoms with van der Waals surface area (Å²) in [6, 6.07) is 20.9. The van der Waals surface area contributed by atoms with Crippen LogP contribution in [-0.4, -0.2) is 11.6 Å². The molecule has 108 valence electrons. The van der Waals surface area contributed by atoms with Gasteiger partial charge in [-0.2, -0.15) is 0 Å². The number of hydrogen-bond donors (Lipinski definition) is 0. The molecule has 0 fully saturated rings. The monoisotopic (exact) mass is 290 g/mol. The number of hydrogen-bond acceptors (Lipinski definition) is 3. The van der Waals surface area contributed by atoms with E-state index in [1.807, 2.05) is 12.1 Å². The van der Waals surface area contributed by atoms with Crippen LogP contribution in [0.15, 0.2) is 83.5 Å². The molecule has 0 aliphatic carbocycles. The lowest BCUT2D eigenvalue weighted by molar-refractivity contribution is 0.0847. The second kappa shape index (κ2) is 6.22. The van der Waals surface area contributed by atoms with Gasteiger partial charge >= 0.3 is 0 Å². The molecule has 0 aliphatic heterocycles. The quantitative estimate of drug-likeness (QED) is 0.524. The van der Waals surface area contributed by atoms with Crippen LogP contribution in [0.4, 0.5) is 0 Å². The third kappa shape index (κ3) is 2.74. The van der Waals surface area contributed by atoms with E-state index < -0.39 is 5.92 Å². The average molecular weight is 290 g/mol. The van der Waals surface area contributed by atoms with Crippen molar-refractivity contribution in [1.82, 2.24) is 0 Å². The van der Waals surface area contributed by atoms with Crippen LogP contribution in [0.1, 0.15) is 32.4 Å².